The number of esters is 1. The monoisotopic (exact) mass is 589 g/mol. The third-order valence-corrected chi connectivity index (χ3v) is 7.06. The second-order valence-electron chi connectivity index (χ2n) is 7.66. The molecule has 174 valence electrons. The van der Waals surface area contributed by atoms with Crippen molar-refractivity contribution in [2.24, 2.45) is 4.99 Å². The maximum Gasteiger partial charge on any atom is 0.338 e. The van der Waals surface area contributed by atoms with Gasteiger partial charge in [0.2, 0.25) is 0 Å². The molecule has 0 amide bonds. The quantitative estimate of drug-likeness (QED) is 0.196. The molecule has 8 nitrogen and oxygen atoms in total. The number of rotatable bonds is 5. The van der Waals surface area contributed by atoms with Crippen molar-refractivity contribution in [3.63, 3.8) is 0 Å². The lowest BCUT2D eigenvalue weighted by atomic mass is 9.94. The van der Waals surface area contributed by atoms with Crippen LogP contribution in [0.25, 0.3) is 6.08 Å². The number of hydrogen-bond acceptors (Lipinski definition) is 7. The van der Waals surface area contributed by atoms with E-state index in [1.54, 1.807) is 39.0 Å². The lowest BCUT2D eigenvalue weighted by Crippen LogP contribution is -2.40. The van der Waals surface area contributed by atoms with Crippen LogP contribution >= 0.6 is 33.9 Å². The largest absolute Gasteiger partial charge is 0.463 e. The fourth-order valence-electron chi connectivity index (χ4n) is 3.85. The molecular formula is C24H20IN3O5S. The standard InChI is InChI=1S/C24H20IN3O5S/c1-4-33-23(30)20-14(3)26-24-27(21(20)16-9-8-13(2)18(12-16)28(31)32)22(29)19(34-24)11-15-6-5-7-17(25)10-15/h5-12,21H,4H2,1-3H3/b19-11+/t21-/m0/s1. The Kier molecular flexibility index (Phi) is 6.80. The zero-order chi connectivity index (χ0) is 24.6. The number of fused-ring (bicyclic) bond motifs is 1. The van der Waals surface area contributed by atoms with Crippen LogP contribution in [-0.2, 0) is 9.53 Å². The number of benzene rings is 2. The molecule has 0 N–H and O–H groups in total. The van der Waals surface area contributed by atoms with Gasteiger partial charge in [-0.25, -0.2) is 9.79 Å². The van der Waals surface area contributed by atoms with Crippen molar-refractivity contribution in [3.8, 4) is 0 Å². The van der Waals surface area contributed by atoms with Gasteiger partial charge in [-0.05, 0) is 72.7 Å². The zero-order valence-electron chi connectivity index (χ0n) is 18.6. The molecule has 0 unspecified atom stereocenters. The lowest BCUT2D eigenvalue weighted by molar-refractivity contribution is -0.385. The van der Waals surface area contributed by atoms with E-state index in [0.717, 1.165) is 9.13 Å². The molecule has 0 fully saturated rings. The van der Waals surface area contributed by atoms with Crippen LogP contribution in [0.2, 0.25) is 0 Å². The average molecular weight is 589 g/mol. The van der Waals surface area contributed by atoms with Crippen molar-refractivity contribution >= 4 is 51.7 Å². The van der Waals surface area contributed by atoms with E-state index in [4.69, 9.17) is 4.74 Å². The van der Waals surface area contributed by atoms with Crippen LogP contribution in [0.1, 0.15) is 36.6 Å². The smallest absolute Gasteiger partial charge is 0.338 e. The van der Waals surface area contributed by atoms with Gasteiger partial charge in [-0.3, -0.25) is 19.5 Å². The Morgan fingerprint density at radius 2 is 2.06 bits per heavy atom. The number of nitro groups is 1. The van der Waals surface area contributed by atoms with Gasteiger partial charge in [0, 0.05) is 15.2 Å². The van der Waals surface area contributed by atoms with Gasteiger partial charge in [-0.1, -0.05) is 35.6 Å². The normalized spacial score (nSPS) is 15.6. The number of hydrogen-bond donors (Lipinski definition) is 0. The summed E-state index contributed by atoms with van der Waals surface area (Å²) in [6, 6.07) is 11.5. The maximum atomic E-state index is 13.6. The van der Waals surface area contributed by atoms with Crippen LogP contribution in [0.4, 0.5) is 5.69 Å². The topological polar surface area (TPSA) is 104 Å². The van der Waals surface area contributed by atoms with Crippen molar-refractivity contribution in [1.29, 1.82) is 0 Å². The van der Waals surface area contributed by atoms with Gasteiger partial charge in [0.15, 0.2) is 4.80 Å². The summed E-state index contributed by atoms with van der Waals surface area (Å²) in [5.74, 6) is -0.608. The van der Waals surface area contributed by atoms with E-state index in [0.29, 0.717) is 26.2 Å². The van der Waals surface area contributed by atoms with Gasteiger partial charge in [0.25, 0.3) is 11.2 Å². The summed E-state index contributed by atoms with van der Waals surface area (Å²) in [4.78, 5) is 42.6. The molecule has 0 radical (unpaired) electrons. The fourth-order valence-corrected chi connectivity index (χ4v) is 5.46. The third-order valence-electron chi connectivity index (χ3n) is 5.41. The number of carbonyl (C=O) groups is 1. The van der Waals surface area contributed by atoms with Gasteiger partial charge in [-0.2, -0.15) is 0 Å². The highest BCUT2D eigenvalue weighted by Crippen LogP contribution is 2.33. The number of nitro benzene ring substituents is 1. The predicted octanol–water partition coefficient (Wildman–Crippen LogP) is 3.62. The predicted molar refractivity (Wildman–Crippen MR) is 137 cm³/mol. The molecule has 1 aliphatic heterocycles. The molecule has 10 heteroatoms. The summed E-state index contributed by atoms with van der Waals surface area (Å²) >= 11 is 3.42. The number of thiazole rings is 1. The molecule has 1 atom stereocenters. The lowest BCUT2D eigenvalue weighted by Gasteiger charge is -2.24. The van der Waals surface area contributed by atoms with Crippen molar-refractivity contribution in [1.82, 2.24) is 4.57 Å². The molecule has 34 heavy (non-hydrogen) atoms. The van der Waals surface area contributed by atoms with E-state index in [2.05, 4.69) is 27.6 Å². The minimum atomic E-state index is -0.896. The third kappa shape index (κ3) is 4.47. The van der Waals surface area contributed by atoms with Crippen molar-refractivity contribution in [2.75, 3.05) is 6.61 Å². The van der Waals surface area contributed by atoms with Crippen LogP contribution < -0.4 is 14.9 Å². The van der Waals surface area contributed by atoms with Crippen LogP contribution in [-0.4, -0.2) is 22.1 Å². The Morgan fingerprint density at radius 3 is 2.74 bits per heavy atom. The molecule has 2 aromatic carbocycles. The van der Waals surface area contributed by atoms with Crippen LogP contribution in [0.15, 0.2) is 63.5 Å². The number of carbonyl (C=O) groups excluding carboxylic acids is 1. The number of nitrogens with zero attached hydrogens (tertiary/aromatic N) is 3. The number of halogens is 1. The molecule has 0 saturated carbocycles. The SMILES string of the molecule is CCOC(=O)C1=C(C)N=c2s/c(=C/c3cccc(I)c3)c(=O)n2[C@H]1c1ccc(C)c([N+](=O)[O-])c1. The van der Waals surface area contributed by atoms with Gasteiger partial charge in [0.1, 0.15) is 0 Å². The highest BCUT2D eigenvalue weighted by atomic mass is 127. The van der Waals surface area contributed by atoms with Crippen LogP contribution in [0.5, 0.6) is 0 Å². The summed E-state index contributed by atoms with van der Waals surface area (Å²) in [5.41, 5.74) is 1.97. The van der Waals surface area contributed by atoms with Crippen LogP contribution in [0.3, 0.4) is 0 Å². The maximum absolute atomic E-state index is 13.6. The Morgan fingerprint density at radius 1 is 1.29 bits per heavy atom. The second-order valence-corrected chi connectivity index (χ2v) is 9.92. The second kappa shape index (κ2) is 9.63. The van der Waals surface area contributed by atoms with E-state index in [-0.39, 0.29) is 23.4 Å². The van der Waals surface area contributed by atoms with Gasteiger partial charge >= 0.3 is 5.97 Å². The molecule has 2 heterocycles. The van der Waals surface area contributed by atoms with Crippen molar-refractivity contribution in [2.45, 2.75) is 26.8 Å². The number of aryl methyl sites for hydroxylation is 1. The van der Waals surface area contributed by atoms with Gasteiger partial charge in [0.05, 0.1) is 33.4 Å². The number of ether oxygens (including phenoxy) is 1. The number of aromatic nitrogens is 1. The highest BCUT2D eigenvalue weighted by Gasteiger charge is 2.34. The Hall–Kier alpha value is -3.12. The molecule has 4 rings (SSSR count). The van der Waals surface area contributed by atoms with Crippen LogP contribution in [0, 0.1) is 20.6 Å². The molecule has 3 aromatic rings. The summed E-state index contributed by atoms with van der Waals surface area (Å²) in [6.07, 6.45) is 1.78. The first-order valence-corrected chi connectivity index (χ1v) is 12.3. The van der Waals surface area contributed by atoms with E-state index in [1.165, 1.54) is 22.0 Å². The molecule has 1 aromatic heterocycles. The van der Waals surface area contributed by atoms with E-state index >= 15 is 0 Å². The summed E-state index contributed by atoms with van der Waals surface area (Å²) < 4.78 is 8.17. The minimum absolute atomic E-state index is 0.0867. The first kappa shape index (κ1) is 24.0. The molecule has 0 bridgehead atoms. The first-order chi connectivity index (χ1) is 16.2. The zero-order valence-corrected chi connectivity index (χ0v) is 21.5. The highest BCUT2D eigenvalue weighted by molar-refractivity contribution is 14.1. The summed E-state index contributed by atoms with van der Waals surface area (Å²) in [6.45, 7) is 5.16. The molecule has 0 saturated heterocycles. The molecule has 1 aliphatic rings. The summed E-state index contributed by atoms with van der Waals surface area (Å²) in [5, 5.41) is 11.6. The fraction of sp³-hybridized carbons (Fsp3) is 0.208. The Balaban J connectivity index is 2.00. The van der Waals surface area contributed by atoms with E-state index in [9.17, 15) is 19.7 Å². The molecular weight excluding hydrogens is 569 g/mol. The van der Waals surface area contributed by atoms with Crippen molar-refractivity contribution < 1.29 is 14.5 Å². The average Bonchev–Trinajstić information content (AvgIpc) is 3.07. The Labute approximate surface area is 212 Å². The van der Waals surface area contributed by atoms with E-state index in [1.807, 2.05) is 24.3 Å². The van der Waals surface area contributed by atoms with Gasteiger partial charge in [-0.15, -0.1) is 0 Å². The first-order valence-electron chi connectivity index (χ1n) is 10.4. The van der Waals surface area contributed by atoms with E-state index < -0.39 is 16.9 Å². The summed E-state index contributed by atoms with van der Waals surface area (Å²) in [7, 11) is 0. The number of allylic oxidation sites excluding steroid dienone is 1. The molecule has 0 spiro atoms. The van der Waals surface area contributed by atoms with Crippen molar-refractivity contribution in [3.05, 3.63) is 104 Å². The minimum Gasteiger partial charge on any atom is -0.463 e. The van der Waals surface area contributed by atoms with Gasteiger partial charge < -0.3 is 4.74 Å². The molecule has 0 aliphatic carbocycles. The Bertz CT molecular complexity index is 1540.